The van der Waals surface area contributed by atoms with Crippen LogP contribution in [0.2, 0.25) is 0 Å². The monoisotopic (exact) mass is 567 g/mol. The Hall–Kier alpha value is -6.07. The zero-order chi connectivity index (χ0) is 29.5. The summed E-state index contributed by atoms with van der Waals surface area (Å²) in [6.07, 6.45) is 0. The maximum absolute atomic E-state index is 11.2. The van der Waals surface area contributed by atoms with Gasteiger partial charge in [-0.25, -0.2) is 15.0 Å². The quantitative estimate of drug-likeness (QED) is 0.224. The van der Waals surface area contributed by atoms with Gasteiger partial charge in [0.05, 0.1) is 0 Å². The maximum atomic E-state index is 11.2. The first-order valence-corrected chi connectivity index (χ1v) is 14.4. The van der Waals surface area contributed by atoms with Crippen molar-refractivity contribution in [3.8, 4) is 62.2 Å². The molecule has 0 saturated heterocycles. The molecule has 0 amide bonds. The number of aromatic hydroxyl groups is 1. The molecule has 8 rings (SSSR count). The first-order chi connectivity index (χ1) is 21.7. The van der Waals surface area contributed by atoms with Gasteiger partial charge in [-0.3, -0.25) is 0 Å². The zero-order valence-electron chi connectivity index (χ0n) is 23.6. The number of nitrogens with zero attached hydrogens (tertiary/aromatic N) is 3. The van der Waals surface area contributed by atoms with Crippen molar-refractivity contribution in [2.45, 2.75) is 0 Å². The van der Waals surface area contributed by atoms with Gasteiger partial charge < -0.3 is 9.52 Å². The molecule has 0 atom stereocenters. The van der Waals surface area contributed by atoms with E-state index >= 15 is 0 Å². The van der Waals surface area contributed by atoms with Crippen molar-refractivity contribution in [2.24, 2.45) is 0 Å². The number of para-hydroxylation sites is 1. The van der Waals surface area contributed by atoms with E-state index in [0.717, 1.165) is 55.3 Å². The Morgan fingerprint density at radius 1 is 0.409 bits per heavy atom. The van der Waals surface area contributed by atoms with Crippen LogP contribution in [0.15, 0.2) is 150 Å². The maximum Gasteiger partial charge on any atom is 0.164 e. The molecule has 2 aromatic heterocycles. The van der Waals surface area contributed by atoms with Gasteiger partial charge >= 0.3 is 0 Å². The first kappa shape index (κ1) is 25.6. The minimum atomic E-state index is 0.154. The van der Waals surface area contributed by atoms with Gasteiger partial charge in [0.15, 0.2) is 17.5 Å². The highest BCUT2D eigenvalue weighted by Crippen LogP contribution is 2.41. The Kier molecular flexibility index (Phi) is 6.20. The number of hydrogen-bond donors (Lipinski definition) is 1. The fourth-order valence-corrected chi connectivity index (χ4v) is 5.79. The van der Waals surface area contributed by atoms with E-state index in [1.165, 1.54) is 0 Å². The summed E-state index contributed by atoms with van der Waals surface area (Å²) in [4.78, 5) is 14.6. The van der Waals surface area contributed by atoms with Crippen molar-refractivity contribution in [1.29, 1.82) is 0 Å². The number of hydrogen-bond acceptors (Lipinski definition) is 5. The second kappa shape index (κ2) is 10.6. The summed E-state index contributed by atoms with van der Waals surface area (Å²) in [5.41, 5.74) is 7.89. The number of rotatable bonds is 5. The lowest BCUT2D eigenvalue weighted by Crippen LogP contribution is -2.01. The van der Waals surface area contributed by atoms with Crippen LogP contribution in [0.3, 0.4) is 0 Å². The molecule has 6 aromatic carbocycles. The molecule has 0 aliphatic rings. The lowest BCUT2D eigenvalue weighted by atomic mass is 9.94. The molecule has 2 heterocycles. The summed E-state index contributed by atoms with van der Waals surface area (Å²) in [5.74, 6) is 1.78. The van der Waals surface area contributed by atoms with E-state index < -0.39 is 0 Å². The van der Waals surface area contributed by atoms with Gasteiger partial charge in [0, 0.05) is 33.0 Å². The fourth-order valence-electron chi connectivity index (χ4n) is 5.79. The Balaban J connectivity index is 1.27. The number of furan rings is 1. The predicted octanol–water partition coefficient (Wildman–Crippen LogP) is 9.81. The zero-order valence-corrected chi connectivity index (χ0v) is 23.6. The van der Waals surface area contributed by atoms with Crippen LogP contribution in [0.4, 0.5) is 0 Å². The largest absolute Gasteiger partial charge is 0.507 e. The molecule has 44 heavy (non-hydrogen) atoms. The number of phenolic OH excluding ortho intramolecular Hbond substituents is 1. The van der Waals surface area contributed by atoms with Crippen LogP contribution < -0.4 is 0 Å². The third-order valence-corrected chi connectivity index (χ3v) is 7.87. The average Bonchev–Trinajstić information content (AvgIpc) is 3.48. The number of phenols is 1. The van der Waals surface area contributed by atoms with Crippen molar-refractivity contribution >= 4 is 21.9 Å². The molecule has 0 saturated carbocycles. The molecule has 0 aliphatic carbocycles. The van der Waals surface area contributed by atoms with Gasteiger partial charge in [-0.15, -0.1) is 0 Å². The molecule has 208 valence electrons. The molecule has 0 unspecified atom stereocenters. The molecule has 0 fully saturated rings. The molecule has 0 radical (unpaired) electrons. The average molecular weight is 568 g/mol. The predicted molar refractivity (Wildman–Crippen MR) is 176 cm³/mol. The molecule has 0 spiro atoms. The molecule has 8 aromatic rings. The normalized spacial score (nSPS) is 11.3. The van der Waals surface area contributed by atoms with Crippen molar-refractivity contribution in [1.82, 2.24) is 15.0 Å². The fraction of sp³-hybridized carbons (Fsp3) is 0. The summed E-state index contributed by atoms with van der Waals surface area (Å²) in [7, 11) is 0. The molecule has 0 bridgehead atoms. The lowest BCUT2D eigenvalue weighted by Gasteiger charge is -2.14. The first-order valence-electron chi connectivity index (χ1n) is 14.4. The van der Waals surface area contributed by atoms with E-state index in [1.807, 2.05) is 115 Å². The van der Waals surface area contributed by atoms with Crippen LogP contribution >= 0.6 is 0 Å². The second-order valence-electron chi connectivity index (χ2n) is 10.6. The van der Waals surface area contributed by atoms with Gasteiger partial charge in [0.25, 0.3) is 0 Å². The molecule has 1 N–H and O–H groups in total. The summed E-state index contributed by atoms with van der Waals surface area (Å²) in [6, 6.07) is 47.7. The highest BCUT2D eigenvalue weighted by Gasteiger charge is 2.19. The topological polar surface area (TPSA) is 72.0 Å². The van der Waals surface area contributed by atoms with Gasteiger partial charge in [0.1, 0.15) is 16.9 Å². The minimum absolute atomic E-state index is 0.154. The lowest BCUT2D eigenvalue weighted by molar-refractivity contribution is 0.477. The van der Waals surface area contributed by atoms with Gasteiger partial charge in [0.2, 0.25) is 0 Å². The smallest absolute Gasteiger partial charge is 0.164 e. The Bertz CT molecular complexity index is 2220. The minimum Gasteiger partial charge on any atom is -0.507 e. The highest BCUT2D eigenvalue weighted by molar-refractivity contribution is 6.12. The number of fused-ring (bicyclic) bond motifs is 3. The van der Waals surface area contributed by atoms with Crippen LogP contribution in [-0.4, -0.2) is 20.1 Å². The van der Waals surface area contributed by atoms with E-state index in [-0.39, 0.29) is 5.75 Å². The standard InChI is InChI=1S/C39H25N3O2/c43-32-18-9-17-31(39-41-37(27-11-3-1-4-12-27)40-38(42-39)28-13-5-2-6-14-28)35(32)26-23-21-25(22-24-26)29-16-10-20-34-36(29)30-15-7-8-19-33(30)44-34/h1-24,43H. The van der Waals surface area contributed by atoms with E-state index in [0.29, 0.717) is 23.0 Å². The van der Waals surface area contributed by atoms with Gasteiger partial charge in [-0.05, 0) is 34.9 Å². The number of aromatic nitrogens is 3. The molecule has 5 heteroatoms. The van der Waals surface area contributed by atoms with Crippen LogP contribution in [-0.2, 0) is 0 Å². The van der Waals surface area contributed by atoms with E-state index in [4.69, 9.17) is 19.4 Å². The Labute approximate surface area is 253 Å². The number of benzene rings is 6. The van der Waals surface area contributed by atoms with Crippen molar-refractivity contribution in [3.63, 3.8) is 0 Å². The third-order valence-electron chi connectivity index (χ3n) is 7.87. The summed E-state index contributed by atoms with van der Waals surface area (Å²) >= 11 is 0. The van der Waals surface area contributed by atoms with Crippen LogP contribution in [0.25, 0.3) is 78.4 Å². The molecule has 0 aliphatic heterocycles. The molecule has 5 nitrogen and oxygen atoms in total. The van der Waals surface area contributed by atoms with Crippen molar-refractivity contribution in [3.05, 3.63) is 146 Å². The van der Waals surface area contributed by atoms with Crippen LogP contribution in [0.5, 0.6) is 5.75 Å². The van der Waals surface area contributed by atoms with Crippen LogP contribution in [0, 0.1) is 0 Å². The molecular weight excluding hydrogens is 542 g/mol. The summed E-state index contributed by atoms with van der Waals surface area (Å²) in [6.45, 7) is 0. The highest BCUT2D eigenvalue weighted by atomic mass is 16.3. The van der Waals surface area contributed by atoms with E-state index in [2.05, 4.69) is 24.3 Å². The van der Waals surface area contributed by atoms with Gasteiger partial charge in [-0.1, -0.05) is 127 Å². The Morgan fingerprint density at radius 3 is 1.66 bits per heavy atom. The SMILES string of the molecule is Oc1cccc(-c2nc(-c3ccccc3)nc(-c3ccccc3)n2)c1-c1ccc(-c2cccc3oc4ccccc4c23)cc1. The molecular formula is C39H25N3O2. The van der Waals surface area contributed by atoms with E-state index in [9.17, 15) is 5.11 Å². The summed E-state index contributed by atoms with van der Waals surface area (Å²) < 4.78 is 6.12. The van der Waals surface area contributed by atoms with E-state index in [1.54, 1.807) is 6.07 Å². The van der Waals surface area contributed by atoms with Crippen molar-refractivity contribution in [2.75, 3.05) is 0 Å². The van der Waals surface area contributed by atoms with Crippen LogP contribution in [0.1, 0.15) is 0 Å². The van der Waals surface area contributed by atoms with Crippen molar-refractivity contribution < 1.29 is 9.52 Å². The van der Waals surface area contributed by atoms with Gasteiger partial charge in [-0.2, -0.15) is 0 Å². The Morgan fingerprint density at radius 2 is 0.955 bits per heavy atom. The second-order valence-corrected chi connectivity index (χ2v) is 10.6. The third kappa shape index (κ3) is 4.48. The summed E-state index contributed by atoms with van der Waals surface area (Å²) in [5, 5.41) is 13.4.